The third kappa shape index (κ3) is 3.66. The Balaban J connectivity index is 2.04. The van der Waals surface area contributed by atoms with Gasteiger partial charge in [0.1, 0.15) is 5.82 Å². The summed E-state index contributed by atoms with van der Waals surface area (Å²) in [6.07, 6.45) is 2.66. The van der Waals surface area contributed by atoms with Crippen molar-refractivity contribution in [1.82, 2.24) is 10.6 Å². The van der Waals surface area contributed by atoms with Gasteiger partial charge in [0.05, 0.1) is 6.04 Å². The highest BCUT2D eigenvalue weighted by Crippen LogP contribution is 2.36. The Hall–Kier alpha value is -1.23. The highest BCUT2D eigenvalue weighted by molar-refractivity contribution is 7.99. The van der Waals surface area contributed by atoms with Gasteiger partial charge in [0.15, 0.2) is 0 Å². The second-order valence-corrected chi connectivity index (χ2v) is 6.14. The van der Waals surface area contributed by atoms with Gasteiger partial charge in [-0.3, -0.25) is 0 Å². The molecule has 0 bridgehead atoms. The lowest BCUT2D eigenvalue weighted by Gasteiger charge is -2.27. The van der Waals surface area contributed by atoms with E-state index in [0.717, 1.165) is 35.5 Å². The van der Waals surface area contributed by atoms with E-state index in [9.17, 15) is 9.18 Å². The van der Waals surface area contributed by atoms with Crippen molar-refractivity contribution >= 4 is 17.8 Å². The van der Waals surface area contributed by atoms with Gasteiger partial charge < -0.3 is 10.6 Å². The Labute approximate surface area is 123 Å². The van der Waals surface area contributed by atoms with Crippen molar-refractivity contribution in [2.75, 3.05) is 5.75 Å². The van der Waals surface area contributed by atoms with Crippen molar-refractivity contribution in [2.24, 2.45) is 0 Å². The second-order valence-electron chi connectivity index (χ2n) is 5.00. The monoisotopic (exact) mass is 296 g/mol. The molecule has 1 aromatic rings. The van der Waals surface area contributed by atoms with Crippen LogP contribution in [-0.4, -0.2) is 17.8 Å². The molecular weight excluding hydrogens is 275 g/mol. The number of hydrogen-bond acceptors (Lipinski definition) is 2. The van der Waals surface area contributed by atoms with E-state index in [1.807, 2.05) is 0 Å². The normalized spacial score (nSPS) is 17.7. The molecule has 1 heterocycles. The molecule has 0 spiro atoms. The van der Waals surface area contributed by atoms with E-state index in [4.69, 9.17) is 0 Å². The van der Waals surface area contributed by atoms with Gasteiger partial charge in [0, 0.05) is 16.7 Å². The number of carbonyl (C=O) groups excluding carboxylic acids is 1. The number of amides is 2. The van der Waals surface area contributed by atoms with Crippen LogP contribution in [0.2, 0.25) is 0 Å². The number of thioether (sulfide) groups is 1. The standard InChI is InChI=1S/C15H21FN2OS/c1-3-11(4-2)17-15(19)18-13-7-8-20-14-6-5-10(16)9-12(13)14/h5-6,9,11,13H,3-4,7-8H2,1-2H3,(H2,17,18,19). The molecule has 2 N–H and O–H groups in total. The van der Waals surface area contributed by atoms with Crippen LogP contribution in [0, 0.1) is 5.82 Å². The highest BCUT2D eigenvalue weighted by atomic mass is 32.2. The fourth-order valence-corrected chi connectivity index (χ4v) is 3.50. The summed E-state index contributed by atoms with van der Waals surface area (Å²) in [7, 11) is 0. The van der Waals surface area contributed by atoms with Crippen LogP contribution in [0.4, 0.5) is 9.18 Å². The zero-order valence-electron chi connectivity index (χ0n) is 11.9. The molecule has 1 atom stereocenters. The summed E-state index contributed by atoms with van der Waals surface area (Å²) in [6.45, 7) is 4.10. The van der Waals surface area contributed by atoms with Crippen LogP contribution < -0.4 is 10.6 Å². The average molecular weight is 296 g/mol. The summed E-state index contributed by atoms with van der Waals surface area (Å²) in [5.74, 6) is 0.688. The maximum Gasteiger partial charge on any atom is 0.315 e. The van der Waals surface area contributed by atoms with Crippen LogP contribution in [0.15, 0.2) is 23.1 Å². The van der Waals surface area contributed by atoms with Gasteiger partial charge in [-0.1, -0.05) is 13.8 Å². The lowest BCUT2D eigenvalue weighted by Crippen LogP contribution is -2.43. The lowest BCUT2D eigenvalue weighted by molar-refractivity contribution is 0.231. The number of rotatable bonds is 4. The molecule has 110 valence electrons. The smallest absolute Gasteiger partial charge is 0.315 e. The van der Waals surface area contributed by atoms with E-state index in [1.165, 1.54) is 12.1 Å². The number of hydrogen-bond donors (Lipinski definition) is 2. The Morgan fingerprint density at radius 2 is 2.20 bits per heavy atom. The molecular formula is C15H21FN2OS. The molecule has 3 nitrogen and oxygen atoms in total. The zero-order valence-corrected chi connectivity index (χ0v) is 12.7. The molecule has 0 saturated carbocycles. The van der Waals surface area contributed by atoms with Gasteiger partial charge in [-0.15, -0.1) is 11.8 Å². The molecule has 2 rings (SSSR count). The summed E-state index contributed by atoms with van der Waals surface area (Å²) >= 11 is 1.71. The Morgan fingerprint density at radius 1 is 1.45 bits per heavy atom. The van der Waals surface area contributed by atoms with E-state index in [0.29, 0.717) is 0 Å². The molecule has 0 aromatic heterocycles. The summed E-state index contributed by atoms with van der Waals surface area (Å²) in [5, 5.41) is 5.93. The Kier molecular flexibility index (Phi) is 5.29. The van der Waals surface area contributed by atoms with E-state index in [1.54, 1.807) is 17.8 Å². The fraction of sp³-hybridized carbons (Fsp3) is 0.533. The number of nitrogens with one attached hydrogen (secondary N) is 2. The Morgan fingerprint density at radius 3 is 2.90 bits per heavy atom. The van der Waals surface area contributed by atoms with Crippen LogP contribution in [0.3, 0.4) is 0 Å². The molecule has 1 unspecified atom stereocenters. The van der Waals surface area contributed by atoms with Gasteiger partial charge in [-0.25, -0.2) is 9.18 Å². The van der Waals surface area contributed by atoms with Gasteiger partial charge in [0.25, 0.3) is 0 Å². The largest absolute Gasteiger partial charge is 0.335 e. The second kappa shape index (κ2) is 6.97. The predicted molar refractivity (Wildman–Crippen MR) is 80.5 cm³/mol. The quantitative estimate of drug-likeness (QED) is 0.886. The highest BCUT2D eigenvalue weighted by Gasteiger charge is 2.23. The number of carbonyl (C=O) groups is 1. The maximum atomic E-state index is 13.4. The molecule has 0 saturated heterocycles. The molecule has 1 aromatic carbocycles. The summed E-state index contributed by atoms with van der Waals surface area (Å²) in [6, 6.07) is 4.73. The van der Waals surface area contributed by atoms with Crippen LogP contribution in [0.25, 0.3) is 0 Å². The molecule has 0 fully saturated rings. The van der Waals surface area contributed by atoms with E-state index < -0.39 is 0 Å². The minimum atomic E-state index is -0.251. The SMILES string of the molecule is CCC(CC)NC(=O)NC1CCSc2ccc(F)cc21. The zero-order chi connectivity index (χ0) is 14.5. The first kappa shape index (κ1) is 15.2. The van der Waals surface area contributed by atoms with Crippen molar-refractivity contribution in [3.63, 3.8) is 0 Å². The van der Waals surface area contributed by atoms with Gasteiger partial charge in [-0.2, -0.15) is 0 Å². The lowest BCUT2D eigenvalue weighted by atomic mass is 10.0. The van der Waals surface area contributed by atoms with Crippen molar-refractivity contribution in [1.29, 1.82) is 0 Å². The van der Waals surface area contributed by atoms with E-state index >= 15 is 0 Å². The Bertz CT molecular complexity index is 477. The van der Waals surface area contributed by atoms with Crippen LogP contribution in [0.5, 0.6) is 0 Å². The average Bonchev–Trinajstić information content (AvgIpc) is 2.45. The number of halogens is 1. The first-order valence-corrected chi connectivity index (χ1v) is 8.11. The molecule has 1 aliphatic rings. The third-order valence-corrected chi connectivity index (χ3v) is 4.76. The third-order valence-electron chi connectivity index (χ3n) is 3.64. The molecule has 5 heteroatoms. The topological polar surface area (TPSA) is 41.1 Å². The maximum absolute atomic E-state index is 13.4. The number of urea groups is 1. The van der Waals surface area contributed by atoms with Gasteiger partial charge in [-0.05, 0) is 43.0 Å². The molecule has 2 amide bonds. The van der Waals surface area contributed by atoms with E-state index in [-0.39, 0.29) is 23.9 Å². The van der Waals surface area contributed by atoms with Crippen molar-refractivity contribution in [3.05, 3.63) is 29.6 Å². The number of benzene rings is 1. The van der Waals surface area contributed by atoms with Crippen molar-refractivity contribution in [2.45, 2.75) is 50.1 Å². The minimum Gasteiger partial charge on any atom is -0.335 e. The van der Waals surface area contributed by atoms with Crippen LogP contribution >= 0.6 is 11.8 Å². The van der Waals surface area contributed by atoms with Crippen molar-refractivity contribution < 1.29 is 9.18 Å². The summed E-state index contributed by atoms with van der Waals surface area (Å²) in [5.41, 5.74) is 0.890. The molecule has 20 heavy (non-hydrogen) atoms. The fourth-order valence-electron chi connectivity index (χ4n) is 2.39. The molecule has 0 radical (unpaired) electrons. The minimum absolute atomic E-state index is 0.101. The number of fused-ring (bicyclic) bond motifs is 1. The first-order chi connectivity index (χ1) is 9.63. The van der Waals surface area contributed by atoms with Crippen LogP contribution in [0.1, 0.15) is 44.7 Å². The van der Waals surface area contributed by atoms with Crippen LogP contribution in [-0.2, 0) is 0 Å². The predicted octanol–water partition coefficient (Wildman–Crippen LogP) is 3.85. The first-order valence-electron chi connectivity index (χ1n) is 7.13. The summed E-state index contributed by atoms with van der Waals surface area (Å²) in [4.78, 5) is 13.1. The van der Waals surface area contributed by atoms with Gasteiger partial charge >= 0.3 is 6.03 Å². The molecule has 1 aliphatic heterocycles. The van der Waals surface area contributed by atoms with Crippen molar-refractivity contribution in [3.8, 4) is 0 Å². The van der Waals surface area contributed by atoms with Gasteiger partial charge in [0.2, 0.25) is 0 Å². The molecule has 0 aliphatic carbocycles. The summed E-state index contributed by atoms with van der Waals surface area (Å²) < 4.78 is 13.4. The van der Waals surface area contributed by atoms with E-state index in [2.05, 4.69) is 24.5 Å².